The van der Waals surface area contributed by atoms with Crippen molar-refractivity contribution in [2.45, 2.75) is 6.41 Å². The van der Waals surface area contributed by atoms with Crippen molar-refractivity contribution < 1.29 is 9.47 Å². The molecule has 0 aliphatic rings. The Labute approximate surface area is 94.4 Å². The summed E-state index contributed by atoms with van der Waals surface area (Å²) in [5.41, 5.74) is 5.69. The van der Waals surface area contributed by atoms with Crippen LogP contribution in [0.4, 0.5) is 0 Å². The minimum absolute atomic E-state index is 0.686. The number of benzene rings is 2. The van der Waals surface area contributed by atoms with Crippen molar-refractivity contribution in [3.8, 4) is 11.5 Å². The van der Waals surface area contributed by atoms with Crippen LogP contribution < -0.4 is 15.2 Å². The van der Waals surface area contributed by atoms with Crippen molar-refractivity contribution in [2.75, 3.05) is 0 Å². The highest BCUT2D eigenvalue weighted by Crippen LogP contribution is 2.13. The van der Waals surface area contributed by atoms with E-state index in [-0.39, 0.29) is 0 Å². The first-order valence-corrected chi connectivity index (χ1v) is 5.03. The zero-order valence-electron chi connectivity index (χ0n) is 8.74. The fourth-order valence-corrected chi connectivity index (χ4v) is 1.29. The first kappa shape index (κ1) is 10.5. The molecule has 3 heteroatoms. The van der Waals surface area contributed by atoms with Crippen LogP contribution in [0.5, 0.6) is 11.5 Å². The third kappa shape index (κ3) is 3.00. The Hall–Kier alpha value is -2.00. The summed E-state index contributed by atoms with van der Waals surface area (Å²) in [6, 6.07) is 18.7. The van der Waals surface area contributed by atoms with E-state index in [1.54, 1.807) is 0 Å². The van der Waals surface area contributed by atoms with E-state index in [1.165, 1.54) is 0 Å². The van der Waals surface area contributed by atoms with Gasteiger partial charge in [0.1, 0.15) is 11.5 Å². The molecule has 0 aliphatic heterocycles. The minimum atomic E-state index is -0.801. The molecule has 0 unspecified atom stereocenters. The average Bonchev–Trinajstić information content (AvgIpc) is 2.31. The zero-order chi connectivity index (χ0) is 11.2. The van der Waals surface area contributed by atoms with Gasteiger partial charge in [-0.1, -0.05) is 36.4 Å². The van der Waals surface area contributed by atoms with Gasteiger partial charge in [0, 0.05) is 0 Å². The molecule has 0 aromatic heterocycles. The van der Waals surface area contributed by atoms with Gasteiger partial charge in [-0.2, -0.15) is 0 Å². The van der Waals surface area contributed by atoms with Crippen LogP contribution in [0.1, 0.15) is 0 Å². The zero-order valence-corrected chi connectivity index (χ0v) is 8.74. The van der Waals surface area contributed by atoms with Gasteiger partial charge in [0.05, 0.1) is 0 Å². The van der Waals surface area contributed by atoms with Crippen molar-refractivity contribution in [3.63, 3.8) is 0 Å². The number of ether oxygens (including phenoxy) is 2. The maximum atomic E-state index is 5.69. The Balaban J connectivity index is 1.92. The number of nitrogens with two attached hydrogens (primary N) is 1. The molecule has 2 aromatic rings. The van der Waals surface area contributed by atoms with Gasteiger partial charge < -0.3 is 9.47 Å². The van der Waals surface area contributed by atoms with Crippen LogP contribution in [-0.4, -0.2) is 6.41 Å². The molecule has 82 valence electrons. The van der Waals surface area contributed by atoms with Crippen LogP contribution in [0.3, 0.4) is 0 Å². The second-order valence-corrected chi connectivity index (χ2v) is 3.23. The lowest BCUT2D eigenvalue weighted by molar-refractivity contribution is 0.0117. The van der Waals surface area contributed by atoms with Gasteiger partial charge in [0.15, 0.2) is 0 Å². The third-order valence-electron chi connectivity index (χ3n) is 1.99. The van der Waals surface area contributed by atoms with Gasteiger partial charge in [0.2, 0.25) is 0 Å². The number of rotatable bonds is 4. The van der Waals surface area contributed by atoms with Crippen molar-refractivity contribution in [1.29, 1.82) is 0 Å². The molecule has 0 amide bonds. The van der Waals surface area contributed by atoms with Crippen molar-refractivity contribution in [2.24, 2.45) is 5.73 Å². The van der Waals surface area contributed by atoms with E-state index >= 15 is 0 Å². The SMILES string of the molecule is NC(Oc1ccccc1)Oc1ccccc1. The molecule has 0 radical (unpaired) electrons. The predicted molar refractivity (Wildman–Crippen MR) is 62.1 cm³/mol. The van der Waals surface area contributed by atoms with Crippen LogP contribution in [0.2, 0.25) is 0 Å². The van der Waals surface area contributed by atoms with Crippen LogP contribution in [0, 0.1) is 0 Å². The van der Waals surface area contributed by atoms with Crippen molar-refractivity contribution >= 4 is 0 Å². The van der Waals surface area contributed by atoms with Crippen LogP contribution in [0.15, 0.2) is 60.7 Å². The predicted octanol–water partition coefficient (Wildman–Crippen LogP) is 2.39. The van der Waals surface area contributed by atoms with Crippen LogP contribution in [0.25, 0.3) is 0 Å². The highest BCUT2D eigenvalue weighted by molar-refractivity contribution is 5.22. The first-order chi connectivity index (χ1) is 7.84. The summed E-state index contributed by atoms with van der Waals surface area (Å²) in [4.78, 5) is 0. The highest BCUT2D eigenvalue weighted by Gasteiger charge is 2.04. The second-order valence-electron chi connectivity index (χ2n) is 3.23. The van der Waals surface area contributed by atoms with E-state index in [0.717, 1.165) is 0 Å². The summed E-state index contributed by atoms with van der Waals surface area (Å²) in [7, 11) is 0. The molecule has 0 saturated heterocycles. The molecule has 3 nitrogen and oxygen atoms in total. The molecule has 0 aliphatic carbocycles. The van der Waals surface area contributed by atoms with Gasteiger partial charge in [0.25, 0.3) is 6.41 Å². The van der Waals surface area contributed by atoms with E-state index in [1.807, 2.05) is 60.7 Å². The molecule has 0 fully saturated rings. The van der Waals surface area contributed by atoms with E-state index < -0.39 is 6.41 Å². The van der Waals surface area contributed by atoms with Crippen LogP contribution in [-0.2, 0) is 0 Å². The van der Waals surface area contributed by atoms with E-state index in [9.17, 15) is 0 Å². The molecule has 2 aromatic carbocycles. The Kier molecular flexibility index (Phi) is 3.41. The maximum absolute atomic E-state index is 5.69. The normalized spacial score (nSPS) is 10.1. The summed E-state index contributed by atoms with van der Waals surface area (Å²) >= 11 is 0. The Bertz CT molecular complexity index is 375. The van der Waals surface area contributed by atoms with Crippen molar-refractivity contribution in [1.82, 2.24) is 0 Å². The lowest BCUT2D eigenvalue weighted by Crippen LogP contribution is -2.33. The summed E-state index contributed by atoms with van der Waals surface area (Å²) in [5.74, 6) is 1.37. The molecule has 0 bridgehead atoms. The van der Waals surface area contributed by atoms with Gasteiger partial charge in [-0.15, -0.1) is 0 Å². The summed E-state index contributed by atoms with van der Waals surface area (Å²) in [6.07, 6.45) is -0.801. The minimum Gasteiger partial charge on any atom is -0.442 e. The quantitative estimate of drug-likeness (QED) is 0.796. The average molecular weight is 215 g/mol. The topological polar surface area (TPSA) is 44.5 Å². The molecular formula is C13H13NO2. The molecule has 0 saturated carbocycles. The summed E-state index contributed by atoms with van der Waals surface area (Å²) < 4.78 is 10.7. The Morgan fingerprint density at radius 3 is 1.44 bits per heavy atom. The van der Waals surface area contributed by atoms with Gasteiger partial charge >= 0.3 is 0 Å². The van der Waals surface area contributed by atoms with E-state index in [0.29, 0.717) is 11.5 Å². The molecule has 0 spiro atoms. The molecule has 0 atom stereocenters. The van der Waals surface area contributed by atoms with E-state index in [2.05, 4.69) is 0 Å². The lowest BCUT2D eigenvalue weighted by Gasteiger charge is -2.15. The second kappa shape index (κ2) is 5.19. The van der Waals surface area contributed by atoms with E-state index in [4.69, 9.17) is 15.2 Å². The molecular weight excluding hydrogens is 202 g/mol. The number of hydrogen-bond acceptors (Lipinski definition) is 3. The summed E-state index contributed by atoms with van der Waals surface area (Å²) in [5, 5.41) is 0. The van der Waals surface area contributed by atoms with Crippen molar-refractivity contribution in [3.05, 3.63) is 60.7 Å². The third-order valence-corrected chi connectivity index (χ3v) is 1.99. The fraction of sp³-hybridized carbons (Fsp3) is 0.0769. The molecule has 2 rings (SSSR count). The monoisotopic (exact) mass is 215 g/mol. The molecule has 0 heterocycles. The molecule has 2 N–H and O–H groups in total. The Morgan fingerprint density at radius 2 is 1.06 bits per heavy atom. The maximum Gasteiger partial charge on any atom is 0.299 e. The first-order valence-electron chi connectivity index (χ1n) is 5.03. The number of para-hydroxylation sites is 2. The van der Waals surface area contributed by atoms with Gasteiger partial charge in [-0.05, 0) is 24.3 Å². The smallest absolute Gasteiger partial charge is 0.299 e. The fourth-order valence-electron chi connectivity index (χ4n) is 1.29. The largest absolute Gasteiger partial charge is 0.442 e. The lowest BCUT2D eigenvalue weighted by atomic mass is 10.3. The van der Waals surface area contributed by atoms with Gasteiger partial charge in [-0.25, -0.2) is 0 Å². The Morgan fingerprint density at radius 1 is 0.688 bits per heavy atom. The highest BCUT2D eigenvalue weighted by atomic mass is 16.7. The standard InChI is InChI=1S/C13H13NO2/c14-13(15-11-7-3-1-4-8-11)16-12-9-5-2-6-10-12/h1-10,13H,14H2. The summed E-state index contributed by atoms with van der Waals surface area (Å²) in [6.45, 7) is 0. The number of hydrogen-bond donors (Lipinski definition) is 1. The molecule has 16 heavy (non-hydrogen) atoms. The van der Waals surface area contributed by atoms with Gasteiger partial charge in [-0.3, -0.25) is 5.73 Å². The van der Waals surface area contributed by atoms with Crippen LogP contribution >= 0.6 is 0 Å².